The molecule has 0 radical (unpaired) electrons. The first kappa shape index (κ1) is 20.3. The second-order valence-corrected chi connectivity index (χ2v) is 10.1. The molecular weight excluding hydrogens is 380 g/mol. The molecule has 30 heavy (non-hydrogen) atoms. The lowest BCUT2D eigenvalue weighted by molar-refractivity contribution is -0.174. The highest BCUT2D eigenvalue weighted by molar-refractivity contribution is 5.78. The van der Waals surface area contributed by atoms with Crippen molar-refractivity contribution in [2.75, 3.05) is 52.5 Å². The molecule has 0 aromatic heterocycles. The lowest BCUT2D eigenvalue weighted by Gasteiger charge is -2.54. The third-order valence-electron chi connectivity index (χ3n) is 7.72. The Morgan fingerprint density at radius 1 is 1.10 bits per heavy atom. The largest absolute Gasteiger partial charge is 0.487 e. The lowest BCUT2D eigenvalue weighted by Crippen LogP contribution is -2.55. The highest BCUT2D eigenvalue weighted by Gasteiger charge is 2.52. The van der Waals surface area contributed by atoms with Crippen molar-refractivity contribution < 1.29 is 19.0 Å². The van der Waals surface area contributed by atoms with Gasteiger partial charge in [-0.05, 0) is 57.7 Å². The van der Waals surface area contributed by atoms with Gasteiger partial charge in [-0.3, -0.25) is 9.69 Å². The van der Waals surface area contributed by atoms with Crippen LogP contribution in [0, 0.1) is 11.3 Å². The molecule has 1 spiro atoms. The lowest BCUT2D eigenvalue weighted by atomic mass is 9.64. The van der Waals surface area contributed by atoms with E-state index < -0.39 is 0 Å². The van der Waals surface area contributed by atoms with Crippen LogP contribution in [0.3, 0.4) is 0 Å². The number of amides is 1. The van der Waals surface area contributed by atoms with Gasteiger partial charge in [-0.25, -0.2) is 0 Å². The molecule has 4 aliphatic heterocycles. The van der Waals surface area contributed by atoms with Crippen molar-refractivity contribution in [2.24, 2.45) is 11.3 Å². The maximum absolute atomic E-state index is 12.6. The first-order valence-corrected chi connectivity index (χ1v) is 11.4. The van der Waals surface area contributed by atoms with Crippen LogP contribution >= 0.6 is 0 Å². The summed E-state index contributed by atoms with van der Waals surface area (Å²) in [6.07, 6.45) is 3.43. The number of hydrogen-bond acceptors (Lipinski definition) is 5. The Hall–Kier alpha value is -1.63. The molecule has 0 unspecified atom stereocenters. The van der Waals surface area contributed by atoms with Crippen LogP contribution in [0.5, 0.6) is 5.75 Å². The SMILES string of the molecule is CC1(C)Oc2ccccc2[C@H]2OCC3(CCN(CC(=O)N4CCOCC4)CC3)C[C@@H]21. The van der Waals surface area contributed by atoms with Crippen molar-refractivity contribution in [1.82, 2.24) is 9.80 Å². The molecule has 3 saturated heterocycles. The van der Waals surface area contributed by atoms with E-state index in [0.29, 0.717) is 25.7 Å². The number of fused-ring (bicyclic) bond motifs is 3. The minimum atomic E-state index is -0.240. The van der Waals surface area contributed by atoms with Gasteiger partial charge < -0.3 is 19.1 Å². The summed E-state index contributed by atoms with van der Waals surface area (Å²) in [4.78, 5) is 16.9. The highest BCUT2D eigenvalue weighted by Crippen LogP contribution is 2.55. The topological polar surface area (TPSA) is 51.2 Å². The Balaban J connectivity index is 1.22. The van der Waals surface area contributed by atoms with Crippen molar-refractivity contribution in [2.45, 2.75) is 44.8 Å². The van der Waals surface area contributed by atoms with Crippen LogP contribution in [0.15, 0.2) is 24.3 Å². The van der Waals surface area contributed by atoms with Gasteiger partial charge >= 0.3 is 0 Å². The van der Waals surface area contributed by atoms with Crippen molar-refractivity contribution in [3.8, 4) is 5.75 Å². The average Bonchev–Trinajstić information content (AvgIpc) is 2.76. The van der Waals surface area contributed by atoms with Crippen molar-refractivity contribution >= 4 is 5.91 Å². The molecule has 5 rings (SSSR count). The zero-order valence-corrected chi connectivity index (χ0v) is 18.3. The average molecular weight is 415 g/mol. The molecule has 1 amide bonds. The molecule has 6 nitrogen and oxygen atoms in total. The number of hydrogen-bond donors (Lipinski definition) is 0. The van der Waals surface area contributed by atoms with E-state index in [1.807, 2.05) is 11.0 Å². The van der Waals surface area contributed by atoms with Crippen molar-refractivity contribution in [1.29, 1.82) is 0 Å². The van der Waals surface area contributed by atoms with Crippen LogP contribution in [0.2, 0.25) is 0 Å². The first-order valence-electron chi connectivity index (χ1n) is 11.4. The van der Waals surface area contributed by atoms with E-state index in [9.17, 15) is 4.79 Å². The Morgan fingerprint density at radius 2 is 1.83 bits per heavy atom. The standard InChI is InChI=1S/C24H34N2O4/c1-23(2)19-15-24(17-29-22(19)18-5-3-4-6-20(18)30-23)7-9-25(10-8-24)16-21(27)26-11-13-28-14-12-26/h3-6,19,22H,7-17H2,1-2H3/t19-,22+/m0/s1. The quantitative estimate of drug-likeness (QED) is 0.745. The Labute approximate surface area is 179 Å². The first-order chi connectivity index (χ1) is 14.5. The van der Waals surface area contributed by atoms with Crippen LogP contribution in [0.1, 0.15) is 44.8 Å². The predicted molar refractivity (Wildman–Crippen MR) is 113 cm³/mol. The number of carbonyl (C=O) groups excluding carboxylic acids is 1. The molecule has 0 saturated carbocycles. The molecule has 1 aromatic rings. The number of morpholine rings is 1. The summed E-state index contributed by atoms with van der Waals surface area (Å²) in [6, 6.07) is 8.33. The molecule has 0 N–H and O–H groups in total. The molecular formula is C24H34N2O4. The number of benzene rings is 1. The molecule has 3 fully saturated rings. The van der Waals surface area contributed by atoms with E-state index in [-0.39, 0.29) is 23.0 Å². The zero-order chi connectivity index (χ0) is 20.8. The number of piperidine rings is 1. The summed E-state index contributed by atoms with van der Waals surface area (Å²) in [5.41, 5.74) is 1.16. The summed E-state index contributed by atoms with van der Waals surface area (Å²) in [7, 11) is 0. The Morgan fingerprint density at radius 3 is 2.60 bits per heavy atom. The smallest absolute Gasteiger partial charge is 0.236 e. The van der Waals surface area contributed by atoms with Crippen molar-refractivity contribution in [3.63, 3.8) is 0 Å². The van der Waals surface area contributed by atoms with Crippen LogP contribution in [0.25, 0.3) is 0 Å². The molecule has 4 heterocycles. The fraction of sp³-hybridized carbons (Fsp3) is 0.708. The number of para-hydroxylation sites is 1. The summed E-state index contributed by atoms with van der Waals surface area (Å²) in [5, 5.41) is 0. The Bertz CT molecular complexity index is 781. The maximum Gasteiger partial charge on any atom is 0.236 e. The summed E-state index contributed by atoms with van der Waals surface area (Å²) >= 11 is 0. The van der Waals surface area contributed by atoms with E-state index in [1.165, 1.54) is 5.56 Å². The second-order valence-electron chi connectivity index (χ2n) is 10.1. The van der Waals surface area contributed by atoms with E-state index in [4.69, 9.17) is 14.2 Å². The van der Waals surface area contributed by atoms with Gasteiger partial charge in [-0.15, -0.1) is 0 Å². The molecule has 0 aliphatic carbocycles. The van der Waals surface area contributed by atoms with Gasteiger partial charge in [-0.1, -0.05) is 18.2 Å². The number of rotatable bonds is 2. The van der Waals surface area contributed by atoms with Crippen LogP contribution in [0.4, 0.5) is 0 Å². The monoisotopic (exact) mass is 414 g/mol. The third-order valence-corrected chi connectivity index (χ3v) is 7.72. The molecule has 6 heteroatoms. The second kappa shape index (κ2) is 7.81. The number of ether oxygens (including phenoxy) is 3. The molecule has 4 aliphatic rings. The summed E-state index contributed by atoms with van der Waals surface area (Å²) < 4.78 is 18.3. The fourth-order valence-electron chi connectivity index (χ4n) is 5.74. The number of carbonyl (C=O) groups is 1. The fourth-order valence-corrected chi connectivity index (χ4v) is 5.74. The molecule has 164 valence electrons. The van der Waals surface area contributed by atoms with Crippen LogP contribution < -0.4 is 4.74 Å². The highest BCUT2D eigenvalue weighted by atomic mass is 16.5. The minimum absolute atomic E-state index is 0.122. The van der Waals surface area contributed by atoms with E-state index >= 15 is 0 Å². The van der Waals surface area contributed by atoms with Crippen LogP contribution in [-0.2, 0) is 14.3 Å². The summed E-state index contributed by atoms with van der Waals surface area (Å²) in [6.45, 7) is 10.5. The molecule has 1 aromatic carbocycles. The molecule has 2 atom stereocenters. The van der Waals surface area contributed by atoms with E-state index in [0.717, 1.165) is 57.8 Å². The van der Waals surface area contributed by atoms with Gasteiger partial charge in [0.1, 0.15) is 11.4 Å². The van der Waals surface area contributed by atoms with Crippen LogP contribution in [-0.4, -0.2) is 73.9 Å². The van der Waals surface area contributed by atoms with E-state index in [1.54, 1.807) is 0 Å². The van der Waals surface area contributed by atoms with Gasteiger partial charge in [0.25, 0.3) is 0 Å². The van der Waals surface area contributed by atoms with Crippen molar-refractivity contribution in [3.05, 3.63) is 29.8 Å². The van der Waals surface area contributed by atoms with Gasteiger partial charge in [0, 0.05) is 24.6 Å². The number of nitrogens with zero attached hydrogens (tertiary/aromatic N) is 2. The predicted octanol–water partition coefficient (Wildman–Crippen LogP) is 2.88. The maximum atomic E-state index is 12.6. The molecule has 0 bridgehead atoms. The number of likely N-dealkylation sites (tertiary alicyclic amines) is 1. The Kier molecular flexibility index (Phi) is 5.28. The third kappa shape index (κ3) is 3.74. The van der Waals surface area contributed by atoms with Gasteiger partial charge in [0.15, 0.2) is 0 Å². The van der Waals surface area contributed by atoms with E-state index in [2.05, 4.69) is 36.9 Å². The van der Waals surface area contributed by atoms with Gasteiger partial charge in [0.2, 0.25) is 5.91 Å². The minimum Gasteiger partial charge on any atom is -0.487 e. The van der Waals surface area contributed by atoms with Gasteiger partial charge in [-0.2, -0.15) is 0 Å². The van der Waals surface area contributed by atoms with Gasteiger partial charge in [0.05, 0.1) is 32.5 Å². The normalized spacial score (nSPS) is 30.3. The summed E-state index contributed by atoms with van der Waals surface area (Å²) in [5.74, 6) is 1.56. The zero-order valence-electron chi connectivity index (χ0n) is 18.3.